The highest BCUT2D eigenvalue weighted by atomic mass is 15.3. The summed E-state index contributed by atoms with van der Waals surface area (Å²) in [5, 5.41) is 10.8. The van der Waals surface area contributed by atoms with E-state index >= 15 is 0 Å². The Balaban J connectivity index is 1.96. The first-order valence-corrected chi connectivity index (χ1v) is 7.32. The van der Waals surface area contributed by atoms with Gasteiger partial charge < -0.3 is 5.73 Å². The molecule has 0 aliphatic rings. The van der Waals surface area contributed by atoms with Crippen LogP contribution in [0.1, 0.15) is 13.3 Å². The minimum Gasteiger partial charge on any atom is -0.383 e. The number of pyridine rings is 1. The van der Waals surface area contributed by atoms with Crippen LogP contribution in [0, 0.1) is 0 Å². The molecule has 4 aromatic rings. The standard InChI is InChI=1S/C16H16N6/c1-2-7-21-10-13-15(20-21)12-5-4-11(22-8-3-6-18-22)9-14(12)19-16(13)17/h3-6,8-10H,2,7H2,1H3,(H2,17,19). The number of nitrogens with zero attached hydrogens (tertiary/aromatic N) is 5. The van der Waals surface area contributed by atoms with Crippen molar-refractivity contribution in [1.82, 2.24) is 24.5 Å². The summed E-state index contributed by atoms with van der Waals surface area (Å²) >= 11 is 0. The highest BCUT2D eigenvalue weighted by molar-refractivity contribution is 6.07. The molecule has 0 amide bonds. The molecule has 0 radical (unpaired) electrons. The van der Waals surface area contributed by atoms with E-state index < -0.39 is 0 Å². The van der Waals surface area contributed by atoms with Gasteiger partial charge in [-0.15, -0.1) is 0 Å². The van der Waals surface area contributed by atoms with Gasteiger partial charge in [-0.3, -0.25) is 4.68 Å². The number of hydrogen-bond acceptors (Lipinski definition) is 4. The minimum absolute atomic E-state index is 0.516. The van der Waals surface area contributed by atoms with Crippen molar-refractivity contribution in [3.63, 3.8) is 0 Å². The third-order valence-electron chi connectivity index (χ3n) is 3.74. The van der Waals surface area contributed by atoms with Crippen LogP contribution in [0.2, 0.25) is 0 Å². The maximum Gasteiger partial charge on any atom is 0.135 e. The Morgan fingerprint density at radius 3 is 2.91 bits per heavy atom. The number of fused-ring (bicyclic) bond motifs is 3. The van der Waals surface area contributed by atoms with E-state index in [0.717, 1.165) is 40.5 Å². The fraction of sp³-hybridized carbons (Fsp3) is 0.188. The van der Waals surface area contributed by atoms with Gasteiger partial charge in [-0.2, -0.15) is 10.2 Å². The van der Waals surface area contributed by atoms with E-state index in [1.54, 1.807) is 10.9 Å². The fourth-order valence-corrected chi connectivity index (χ4v) is 2.72. The van der Waals surface area contributed by atoms with Crippen LogP contribution in [0.4, 0.5) is 5.82 Å². The molecule has 0 bridgehead atoms. The fourth-order valence-electron chi connectivity index (χ4n) is 2.72. The lowest BCUT2D eigenvalue weighted by Crippen LogP contribution is -1.97. The summed E-state index contributed by atoms with van der Waals surface area (Å²) in [5.74, 6) is 0.516. The van der Waals surface area contributed by atoms with Crippen molar-refractivity contribution in [3.05, 3.63) is 42.9 Å². The van der Waals surface area contributed by atoms with E-state index in [2.05, 4.69) is 22.1 Å². The van der Waals surface area contributed by atoms with Gasteiger partial charge in [-0.05, 0) is 30.7 Å². The number of nitrogen functional groups attached to an aromatic ring is 1. The molecule has 0 aliphatic heterocycles. The number of aromatic nitrogens is 5. The van der Waals surface area contributed by atoms with E-state index in [1.165, 1.54) is 0 Å². The van der Waals surface area contributed by atoms with Gasteiger partial charge in [-0.1, -0.05) is 6.92 Å². The highest BCUT2D eigenvalue weighted by Crippen LogP contribution is 2.28. The van der Waals surface area contributed by atoms with Crippen LogP contribution in [0.15, 0.2) is 42.9 Å². The first-order valence-electron chi connectivity index (χ1n) is 7.32. The second kappa shape index (κ2) is 4.84. The molecule has 3 heterocycles. The molecule has 0 aliphatic carbocycles. The van der Waals surface area contributed by atoms with Gasteiger partial charge in [0.2, 0.25) is 0 Å². The monoisotopic (exact) mass is 292 g/mol. The smallest absolute Gasteiger partial charge is 0.135 e. The number of benzene rings is 1. The van der Waals surface area contributed by atoms with Crippen LogP contribution in [0.25, 0.3) is 27.5 Å². The Kier molecular flexibility index (Phi) is 2.82. The van der Waals surface area contributed by atoms with Crippen LogP contribution in [-0.4, -0.2) is 24.5 Å². The van der Waals surface area contributed by atoms with Crippen molar-refractivity contribution in [2.75, 3.05) is 5.73 Å². The maximum absolute atomic E-state index is 6.11. The molecule has 3 aromatic heterocycles. The van der Waals surface area contributed by atoms with Gasteiger partial charge in [0.1, 0.15) is 11.3 Å². The topological polar surface area (TPSA) is 74.6 Å². The molecule has 4 rings (SSSR count). The van der Waals surface area contributed by atoms with Gasteiger partial charge >= 0.3 is 0 Å². The van der Waals surface area contributed by atoms with Crippen molar-refractivity contribution in [1.29, 1.82) is 0 Å². The molecular weight excluding hydrogens is 276 g/mol. The Morgan fingerprint density at radius 2 is 2.14 bits per heavy atom. The first kappa shape index (κ1) is 12.8. The van der Waals surface area contributed by atoms with E-state index in [-0.39, 0.29) is 0 Å². The Bertz CT molecular complexity index is 952. The van der Waals surface area contributed by atoms with Gasteiger partial charge in [0.05, 0.1) is 16.6 Å². The van der Waals surface area contributed by atoms with Gasteiger partial charge in [0, 0.05) is 30.5 Å². The molecule has 0 saturated heterocycles. The van der Waals surface area contributed by atoms with E-state index in [1.807, 2.05) is 41.3 Å². The van der Waals surface area contributed by atoms with Crippen LogP contribution < -0.4 is 5.73 Å². The zero-order valence-corrected chi connectivity index (χ0v) is 12.3. The predicted octanol–water partition coefficient (Wildman–Crippen LogP) is 2.76. The summed E-state index contributed by atoms with van der Waals surface area (Å²) in [7, 11) is 0. The average molecular weight is 292 g/mol. The van der Waals surface area contributed by atoms with Gasteiger partial charge in [0.25, 0.3) is 0 Å². The van der Waals surface area contributed by atoms with Gasteiger partial charge in [-0.25, -0.2) is 9.67 Å². The summed E-state index contributed by atoms with van der Waals surface area (Å²) in [4.78, 5) is 4.53. The normalized spacial score (nSPS) is 11.5. The zero-order chi connectivity index (χ0) is 15.1. The van der Waals surface area contributed by atoms with Crippen molar-refractivity contribution >= 4 is 27.6 Å². The lowest BCUT2D eigenvalue weighted by molar-refractivity contribution is 0.609. The first-order chi connectivity index (χ1) is 10.8. The molecule has 0 unspecified atom stereocenters. The van der Waals surface area contributed by atoms with E-state index in [4.69, 9.17) is 5.73 Å². The second-order valence-electron chi connectivity index (χ2n) is 5.30. The summed E-state index contributed by atoms with van der Waals surface area (Å²) in [5.41, 5.74) is 8.81. The SMILES string of the molecule is CCCn1cc2c(N)nc3cc(-n4cccn4)ccc3c2n1. The quantitative estimate of drug-likeness (QED) is 0.630. The number of hydrogen-bond donors (Lipinski definition) is 1. The van der Waals surface area contributed by atoms with Crippen LogP contribution in [0.3, 0.4) is 0 Å². The van der Waals surface area contributed by atoms with Crippen LogP contribution in [-0.2, 0) is 6.54 Å². The maximum atomic E-state index is 6.11. The molecule has 0 atom stereocenters. The molecule has 22 heavy (non-hydrogen) atoms. The Hall–Kier alpha value is -2.89. The summed E-state index contributed by atoms with van der Waals surface area (Å²) < 4.78 is 3.74. The lowest BCUT2D eigenvalue weighted by atomic mass is 10.1. The van der Waals surface area contributed by atoms with Crippen molar-refractivity contribution in [2.45, 2.75) is 19.9 Å². The zero-order valence-electron chi connectivity index (χ0n) is 12.3. The number of anilines is 1. The Morgan fingerprint density at radius 1 is 1.23 bits per heavy atom. The average Bonchev–Trinajstić information content (AvgIpc) is 3.17. The second-order valence-corrected chi connectivity index (χ2v) is 5.30. The molecule has 1 aromatic carbocycles. The summed E-state index contributed by atoms with van der Waals surface area (Å²) in [6.45, 7) is 3.00. The molecule has 6 nitrogen and oxygen atoms in total. The number of aryl methyl sites for hydroxylation is 1. The van der Waals surface area contributed by atoms with E-state index in [9.17, 15) is 0 Å². The van der Waals surface area contributed by atoms with Crippen molar-refractivity contribution in [2.24, 2.45) is 0 Å². The van der Waals surface area contributed by atoms with Crippen molar-refractivity contribution < 1.29 is 0 Å². The van der Waals surface area contributed by atoms with Crippen LogP contribution in [0.5, 0.6) is 0 Å². The largest absolute Gasteiger partial charge is 0.383 e. The predicted molar refractivity (Wildman–Crippen MR) is 86.9 cm³/mol. The third-order valence-corrected chi connectivity index (χ3v) is 3.74. The number of rotatable bonds is 3. The Labute approximate surface area is 127 Å². The molecule has 0 saturated carbocycles. The van der Waals surface area contributed by atoms with Crippen molar-refractivity contribution in [3.8, 4) is 5.69 Å². The number of nitrogens with two attached hydrogens (primary N) is 1. The molecule has 6 heteroatoms. The molecular formula is C16H16N6. The van der Waals surface area contributed by atoms with Gasteiger partial charge in [0.15, 0.2) is 0 Å². The van der Waals surface area contributed by atoms with Crippen LogP contribution >= 0.6 is 0 Å². The highest BCUT2D eigenvalue weighted by Gasteiger charge is 2.11. The lowest BCUT2D eigenvalue weighted by Gasteiger charge is -2.05. The molecule has 0 fully saturated rings. The molecule has 0 spiro atoms. The third kappa shape index (κ3) is 1.92. The summed E-state index contributed by atoms with van der Waals surface area (Å²) in [6.07, 6.45) is 6.66. The minimum atomic E-state index is 0.516. The molecule has 2 N–H and O–H groups in total. The molecule has 110 valence electrons. The van der Waals surface area contributed by atoms with E-state index in [0.29, 0.717) is 5.82 Å². The summed E-state index contributed by atoms with van der Waals surface area (Å²) in [6, 6.07) is 7.93.